The van der Waals surface area contributed by atoms with Gasteiger partial charge in [0.2, 0.25) is 0 Å². The first kappa shape index (κ1) is 22.0. The zero-order valence-corrected chi connectivity index (χ0v) is 18.2. The average molecular weight is 462 g/mol. The summed E-state index contributed by atoms with van der Waals surface area (Å²) in [6.07, 6.45) is 2.70. The Hall–Kier alpha value is -4.25. The van der Waals surface area contributed by atoms with Crippen LogP contribution in [-0.2, 0) is 6.54 Å². The standard InChI is InChI=1S/C22H18N6O4S/c1-2-27-20(16-7-4-3-5-8-16)24-26-22(27)33-19-11-10-15(13-17(19)28(30)31)14-23-25-21(29)18-9-6-12-32-18/h3-14H,2H2,1H3,(H,25,29)/b23-14+. The Kier molecular flexibility index (Phi) is 6.60. The number of carbonyl (C=O) groups excluding carboxylic acids is 1. The second-order valence-corrected chi connectivity index (χ2v) is 7.69. The van der Waals surface area contributed by atoms with Gasteiger partial charge in [0.05, 0.1) is 22.3 Å². The lowest BCUT2D eigenvalue weighted by Crippen LogP contribution is -2.16. The summed E-state index contributed by atoms with van der Waals surface area (Å²) in [5, 5.41) is 24.6. The first-order valence-corrected chi connectivity index (χ1v) is 10.7. The van der Waals surface area contributed by atoms with Crippen molar-refractivity contribution in [2.45, 2.75) is 23.5 Å². The largest absolute Gasteiger partial charge is 0.459 e. The summed E-state index contributed by atoms with van der Waals surface area (Å²) >= 11 is 1.17. The van der Waals surface area contributed by atoms with Crippen LogP contribution < -0.4 is 5.43 Å². The molecular weight excluding hydrogens is 444 g/mol. The smallest absolute Gasteiger partial charge is 0.307 e. The van der Waals surface area contributed by atoms with E-state index < -0.39 is 10.8 Å². The van der Waals surface area contributed by atoms with Crippen LogP contribution in [0, 0.1) is 10.1 Å². The Balaban J connectivity index is 1.55. The second kappa shape index (κ2) is 9.92. The van der Waals surface area contributed by atoms with Crippen molar-refractivity contribution in [1.82, 2.24) is 20.2 Å². The van der Waals surface area contributed by atoms with E-state index in [1.807, 2.05) is 41.8 Å². The summed E-state index contributed by atoms with van der Waals surface area (Å²) in [5.74, 6) is 0.283. The van der Waals surface area contributed by atoms with Gasteiger partial charge in [0.25, 0.3) is 5.69 Å². The molecular formula is C22H18N6O4S. The molecule has 4 rings (SSSR count). The number of hydrogen-bond donors (Lipinski definition) is 1. The van der Waals surface area contributed by atoms with Crippen LogP contribution in [0.1, 0.15) is 23.0 Å². The molecule has 10 nitrogen and oxygen atoms in total. The van der Waals surface area contributed by atoms with Crippen LogP contribution >= 0.6 is 11.8 Å². The Morgan fingerprint density at radius 1 is 1.21 bits per heavy atom. The minimum absolute atomic E-state index is 0.103. The Morgan fingerprint density at radius 2 is 2.03 bits per heavy atom. The summed E-state index contributed by atoms with van der Waals surface area (Å²) in [5.41, 5.74) is 3.57. The Morgan fingerprint density at radius 3 is 2.73 bits per heavy atom. The van der Waals surface area contributed by atoms with Crippen LogP contribution in [0.4, 0.5) is 5.69 Å². The molecule has 33 heavy (non-hydrogen) atoms. The Labute approximate surface area is 192 Å². The Bertz CT molecular complexity index is 1300. The molecule has 1 N–H and O–H groups in total. The third-order valence-electron chi connectivity index (χ3n) is 4.57. The first-order valence-electron chi connectivity index (χ1n) is 9.88. The quantitative estimate of drug-likeness (QED) is 0.234. The number of carbonyl (C=O) groups is 1. The summed E-state index contributed by atoms with van der Waals surface area (Å²) in [7, 11) is 0. The van der Waals surface area contributed by atoms with E-state index in [4.69, 9.17) is 4.42 Å². The summed E-state index contributed by atoms with van der Waals surface area (Å²) in [6.45, 7) is 2.57. The van der Waals surface area contributed by atoms with Gasteiger partial charge in [0.15, 0.2) is 16.7 Å². The molecule has 0 saturated carbocycles. The van der Waals surface area contributed by atoms with Gasteiger partial charge in [-0.15, -0.1) is 10.2 Å². The fourth-order valence-electron chi connectivity index (χ4n) is 3.02. The van der Waals surface area contributed by atoms with Gasteiger partial charge in [0.1, 0.15) is 0 Å². The van der Waals surface area contributed by atoms with E-state index in [0.717, 1.165) is 5.56 Å². The number of nitrogens with zero attached hydrogens (tertiary/aromatic N) is 5. The SMILES string of the molecule is CCn1c(Sc2ccc(/C=N/NC(=O)c3ccco3)cc2[N+](=O)[O-])nnc1-c1ccccc1. The average Bonchev–Trinajstić information content (AvgIpc) is 3.50. The van der Waals surface area contributed by atoms with E-state index in [1.54, 1.807) is 18.2 Å². The zero-order valence-electron chi connectivity index (χ0n) is 17.4. The lowest BCUT2D eigenvalue weighted by molar-refractivity contribution is -0.387. The molecule has 0 aliphatic heterocycles. The topological polar surface area (TPSA) is 128 Å². The van der Waals surface area contributed by atoms with Crippen LogP contribution in [0.25, 0.3) is 11.4 Å². The van der Waals surface area contributed by atoms with E-state index in [1.165, 1.54) is 36.4 Å². The number of nitro benzene ring substituents is 1. The number of nitrogens with one attached hydrogen (secondary N) is 1. The van der Waals surface area contributed by atoms with Crippen molar-refractivity contribution in [2.24, 2.45) is 5.10 Å². The van der Waals surface area contributed by atoms with E-state index in [0.29, 0.717) is 28.0 Å². The number of aromatic nitrogens is 3. The van der Waals surface area contributed by atoms with Gasteiger partial charge in [-0.3, -0.25) is 14.9 Å². The number of hydrogen-bond acceptors (Lipinski definition) is 8. The van der Waals surface area contributed by atoms with Gasteiger partial charge in [-0.1, -0.05) is 36.4 Å². The number of amides is 1. The molecule has 11 heteroatoms. The lowest BCUT2D eigenvalue weighted by Gasteiger charge is -2.08. The van der Waals surface area contributed by atoms with Crippen molar-refractivity contribution in [1.29, 1.82) is 0 Å². The van der Waals surface area contributed by atoms with E-state index >= 15 is 0 Å². The fraction of sp³-hybridized carbons (Fsp3) is 0.0909. The summed E-state index contributed by atoms with van der Waals surface area (Å²) in [6, 6.07) is 17.4. The summed E-state index contributed by atoms with van der Waals surface area (Å²) in [4.78, 5) is 23.5. The number of hydrazone groups is 1. The molecule has 2 aromatic carbocycles. The molecule has 2 heterocycles. The molecule has 0 saturated heterocycles. The fourth-order valence-corrected chi connectivity index (χ4v) is 4.00. The van der Waals surface area contributed by atoms with Gasteiger partial charge in [-0.2, -0.15) is 5.10 Å². The molecule has 1 amide bonds. The molecule has 0 fully saturated rings. The lowest BCUT2D eigenvalue weighted by atomic mass is 10.2. The van der Waals surface area contributed by atoms with Gasteiger partial charge in [-0.05, 0) is 36.9 Å². The molecule has 0 spiro atoms. The predicted molar refractivity (Wildman–Crippen MR) is 122 cm³/mol. The van der Waals surface area contributed by atoms with Crippen LogP contribution in [0.15, 0.2) is 86.5 Å². The van der Waals surface area contributed by atoms with Gasteiger partial charge in [0, 0.05) is 23.7 Å². The van der Waals surface area contributed by atoms with Crippen molar-refractivity contribution in [3.63, 3.8) is 0 Å². The summed E-state index contributed by atoms with van der Waals surface area (Å²) < 4.78 is 6.88. The number of nitro groups is 1. The molecule has 2 aromatic heterocycles. The van der Waals surface area contributed by atoms with Crippen molar-refractivity contribution in [3.8, 4) is 11.4 Å². The van der Waals surface area contributed by atoms with Crippen LogP contribution in [0.3, 0.4) is 0 Å². The minimum atomic E-state index is -0.522. The third-order valence-corrected chi connectivity index (χ3v) is 5.62. The van der Waals surface area contributed by atoms with Crippen molar-refractivity contribution in [3.05, 3.63) is 88.4 Å². The highest BCUT2D eigenvalue weighted by Gasteiger charge is 2.20. The highest BCUT2D eigenvalue weighted by molar-refractivity contribution is 7.99. The highest BCUT2D eigenvalue weighted by Crippen LogP contribution is 2.35. The third kappa shape index (κ3) is 4.99. The molecule has 0 radical (unpaired) electrons. The molecule has 0 unspecified atom stereocenters. The molecule has 4 aromatic rings. The van der Waals surface area contributed by atoms with Crippen LogP contribution in [0.2, 0.25) is 0 Å². The van der Waals surface area contributed by atoms with Gasteiger partial charge >= 0.3 is 5.91 Å². The number of furan rings is 1. The first-order chi connectivity index (χ1) is 16.1. The molecule has 0 atom stereocenters. The maximum absolute atomic E-state index is 11.8. The maximum atomic E-state index is 11.8. The highest BCUT2D eigenvalue weighted by atomic mass is 32.2. The van der Waals surface area contributed by atoms with Gasteiger partial charge in [-0.25, -0.2) is 5.43 Å². The molecule has 0 aliphatic carbocycles. The van der Waals surface area contributed by atoms with Crippen molar-refractivity contribution < 1.29 is 14.1 Å². The zero-order chi connectivity index (χ0) is 23.2. The number of rotatable bonds is 8. The van der Waals surface area contributed by atoms with E-state index in [2.05, 4.69) is 20.7 Å². The predicted octanol–water partition coefficient (Wildman–Crippen LogP) is 4.38. The number of benzene rings is 2. The van der Waals surface area contributed by atoms with E-state index in [9.17, 15) is 14.9 Å². The molecule has 0 bridgehead atoms. The van der Waals surface area contributed by atoms with Crippen LogP contribution in [-0.4, -0.2) is 31.8 Å². The monoisotopic (exact) mass is 462 g/mol. The normalized spacial score (nSPS) is 11.1. The van der Waals surface area contributed by atoms with Crippen molar-refractivity contribution >= 4 is 29.6 Å². The molecule has 0 aliphatic rings. The van der Waals surface area contributed by atoms with Crippen LogP contribution in [0.5, 0.6) is 0 Å². The molecule has 166 valence electrons. The minimum Gasteiger partial charge on any atom is -0.459 e. The second-order valence-electron chi connectivity index (χ2n) is 6.68. The van der Waals surface area contributed by atoms with Crippen molar-refractivity contribution in [2.75, 3.05) is 0 Å². The van der Waals surface area contributed by atoms with E-state index in [-0.39, 0.29) is 11.4 Å². The maximum Gasteiger partial charge on any atom is 0.307 e. The van der Waals surface area contributed by atoms with Gasteiger partial charge < -0.3 is 8.98 Å².